The van der Waals surface area contributed by atoms with Gasteiger partial charge in [0.05, 0.1) is 0 Å². The van der Waals surface area contributed by atoms with Gasteiger partial charge in [0.1, 0.15) is 25.2 Å². The second-order valence-electron chi connectivity index (χ2n) is 13.5. The van der Waals surface area contributed by atoms with Crippen LogP contribution in [0.5, 0.6) is 0 Å². The minimum absolute atomic E-state index is 0.130. The summed E-state index contributed by atoms with van der Waals surface area (Å²) in [6.07, 6.45) is 11.0. The molecule has 0 unspecified atom stereocenters. The standard InChI is InChI=1S/C36H50N6O6/c1-23(43)39-31(19-24-12-16-29(37)17-13-24)34(45)41-32(27-8-4-3-5-9-27)35(46)40-30(20-26-7-6-18-42(2)22-26)33(44)38-21-25-10-14-28(15-11-25)36(47)48/h6-7,12-13,16-18,22,25,27-28,30-32H,3-5,8-11,14-15,19-21,37H2,1-2H3,(H4-,38,39,40,41,43,44,45,46,47,48)/t25?,28?,30-,31-,32-/m0/s1. The van der Waals surface area contributed by atoms with Crippen molar-refractivity contribution in [3.8, 4) is 0 Å². The SMILES string of the molecule is CC(=O)N[C@@H](Cc1ccc(N)cc1)C(=O)N[C@H](C(=O)N[C@@H](Cc1ccc[n+](C)c1)C(=O)NCC1CCC(C(=O)[O-])CC1)C1CCCCC1. The Morgan fingerprint density at radius 1 is 0.812 bits per heavy atom. The summed E-state index contributed by atoms with van der Waals surface area (Å²) in [4.78, 5) is 64.9. The van der Waals surface area contributed by atoms with Gasteiger partial charge in [-0.05, 0) is 80.0 Å². The van der Waals surface area contributed by atoms with E-state index >= 15 is 0 Å². The van der Waals surface area contributed by atoms with Crippen molar-refractivity contribution in [2.75, 3.05) is 12.3 Å². The molecule has 0 aliphatic heterocycles. The molecule has 4 amide bonds. The van der Waals surface area contributed by atoms with Crippen LogP contribution in [-0.4, -0.2) is 54.3 Å². The Kier molecular flexibility index (Phi) is 13.3. The van der Waals surface area contributed by atoms with Gasteiger partial charge in [-0.2, -0.15) is 0 Å². The first-order valence-electron chi connectivity index (χ1n) is 17.1. The molecule has 260 valence electrons. The molecule has 2 aromatic rings. The van der Waals surface area contributed by atoms with Crippen molar-refractivity contribution in [2.24, 2.45) is 24.8 Å². The number of amides is 4. The third kappa shape index (κ3) is 11.1. The number of carbonyl (C=O) groups is 5. The van der Waals surface area contributed by atoms with Gasteiger partial charge in [0.15, 0.2) is 12.4 Å². The van der Waals surface area contributed by atoms with Crippen LogP contribution in [0.25, 0.3) is 0 Å². The second-order valence-corrected chi connectivity index (χ2v) is 13.5. The number of nitrogen functional groups attached to an aromatic ring is 1. The van der Waals surface area contributed by atoms with E-state index in [9.17, 15) is 29.1 Å². The highest BCUT2D eigenvalue weighted by atomic mass is 16.4. The van der Waals surface area contributed by atoms with Crippen LogP contribution in [0.4, 0.5) is 5.69 Å². The topological polar surface area (TPSA) is 186 Å². The van der Waals surface area contributed by atoms with Crippen LogP contribution in [0, 0.1) is 17.8 Å². The lowest BCUT2D eigenvalue weighted by Gasteiger charge is -2.33. The van der Waals surface area contributed by atoms with Gasteiger partial charge in [0.25, 0.3) is 0 Å². The van der Waals surface area contributed by atoms with Gasteiger partial charge in [-0.15, -0.1) is 0 Å². The van der Waals surface area contributed by atoms with Gasteiger partial charge in [0, 0.05) is 49.6 Å². The predicted molar refractivity (Wildman–Crippen MR) is 177 cm³/mol. The van der Waals surface area contributed by atoms with Crippen LogP contribution in [0.3, 0.4) is 0 Å². The van der Waals surface area contributed by atoms with Crippen molar-refractivity contribution < 1.29 is 33.6 Å². The molecule has 1 aromatic heterocycles. The third-order valence-corrected chi connectivity index (χ3v) is 9.63. The Hall–Kier alpha value is -4.48. The van der Waals surface area contributed by atoms with E-state index in [1.807, 2.05) is 36.1 Å². The summed E-state index contributed by atoms with van der Waals surface area (Å²) in [5.74, 6) is -3.10. The number of hydrogen-bond acceptors (Lipinski definition) is 7. The summed E-state index contributed by atoms with van der Waals surface area (Å²) in [5, 5.41) is 22.9. The van der Waals surface area contributed by atoms with E-state index in [1.54, 1.807) is 24.3 Å². The van der Waals surface area contributed by atoms with Gasteiger partial charge in [0.2, 0.25) is 23.6 Å². The van der Waals surface area contributed by atoms with Crippen molar-refractivity contribution in [1.29, 1.82) is 0 Å². The van der Waals surface area contributed by atoms with E-state index in [0.29, 0.717) is 37.9 Å². The molecule has 48 heavy (non-hydrogen) atoms. The maximum Gasteiger partial charge on any atom is 0.243 e. The third-order valence-electron chi connectivity index (χ3n) is 9.63. The molecule has 2 fully saturated rings. The van der Waals surface area contributed by atoms with Gasteiger partial charge in [-0.25, -0.2) is 4.57 Å². The van der Waals surface area contributed by atoms with Crippen LogP contribution in [0.2, 0.25) is 0 Å². The van der Waals surface area contributed by atoms with Crippen molar-refractivity contribution in [1.82, 2.24) is 21.3 Å². The van der Waals surface area contributed by atoms with Crippen LogP contribution in [0.15, 0.2) is 48.8 Å². The molecule has 1 aromatic carbocycles. The molecule has 6 N–H and O–H groups in total. The summed E-state index contributed by atoms with van der Waals surface area (Å²) >= 11 is 0. The number of pyridine rings is 1. The number of aryl methyl sites for hydroxylation is 1. The maximum absolute atomic E-state index is 14.1. The number of anilines is 1. The number of carboxylic acid groups (broad SMARTS) is 1. The fourth-order valence-electron chi connectivity index (χ4n) is 6.91. The fraction of sp³-hybridized carbons (Fsp3) is 0.556. The summed E-state index contributed by atoms with van der Waals surface area (Å²) in [5.41, 5.74) is 8.06. The number of benzene rings is 1. The first-order valence-corrected chi connectivity index (χ1v) is 17.1. The molecule has 12 nitrogen and oxygen atoms in total. The van der Waals surface area contributed by atoms with E-state index in [4.69, 9.17) is 5.73 Å². The Morgan fingerprint density at radius 2 is 1.46 bits per heavy atom. The van der Waals surface area contributed by atoms with Crippen molar-refractivity contribution in [3.63, 3.8) is 0 Å². The molecule has 1 heterocycles. The molecule has 12 heteroatoms. The minimum Gasteiger partial charge on any atom is -0.550 e. The van der Waals surface area contributed by atoms with E-state index in [-0.39, 0.29) is 36.5 Å². The number of hydrogen-bond donors (Lipinski definition) is 5. The van der Waals surface area contributed by atoms with Gasteiger partial charge >= 0.3 is 0 Å². The number of nitrogens with one attached hydrogen (secondary N) is 4. The zero-order valence-corrected chi connectivity index (χ0v) is 28.0. The number of aliphatic carboxylic acids is 1. The highest BCUT2D eigenvalue weighted by Gasteiger charge is 2.35. The molecule has 2 aliphatic carbocycles. The second kappa shape index (κ2) is 17.6. The Balaban J connectivity index is 1.50. The maximum atomic E-state index is 14.1. The molecule has 0 saturated heterocycles. The number of carbonyl (C=O) groups excluding carboxylic acids is 5. The lowest BCUT2D eigenvalue weighted by atomic mass is 9.82. The van der Waals surface area contributed by atoms with Gasteiger partial charge < -0.3 is 36.9 Å². The van der Waals surface area contributed by atoms with Crippen molar-refractivity contribution in [2.45, 2.75) is 95.7 Å². The first kappa shape index (κ1) is 36.4. The zero-order valence-electron chi connectivity index (χ0n) is 28.0. The number of nitrogens with two attached hydrogens (primary N) is 1. The van der Waals surface area contributed by atoms with E-state index in [2.05, 4.69) is 21.3 Å². The van der Waals surface area contributed by atoms with E-state index < -0.39 is 41.8 Å². The highest BCUT2D eigenvalue weighted by molar-refractivity contribution is 5.94. The molecule has 0 spiro atoms. The monoisotopic (exact) mass is 662 g/mol. The summed E-state index contributed by atoms with van der Waals surface area (Å²) in [6, 6.07) is 8.08. The van der Waals surface area contributed by atoms with Crippen LogP contribution < -0.4 is 36.7 Å². The first-order chi connectivity index (χ1) is 23.0. The fourth-order valence-corrected chi connectivity index (χ4v) is 6.91. The van der Waals surface area contributed by atoms with Crippen molar-refractivity contribution >= 4 is 35.3 Å². The lowest BCUT2D eigenvalue weighted by Crippen LogP contribution is -2.59. The van der Waals surface area contributed by atoms with Gasteiger partial charge in [-0.3, -0.25) is 19.2 Å². The molecule has 4 rings (SSSR count). The van der Waals surface area contributed by atoms with E-state index in [0.717, 1.165) is 43.2 Å². The molecule has 3 atom stereocenters. The van der Waals surface area contributed by atoms with Crippen LogP contribution in [-0.2, 0) is 43.9 Å². The number of nitrogens with zero attached hydrogens (tertiary/aromatic N) is 1. The highest BCUT2D eigenvalue weighted by Crippen LogP contribution is 2.29. The number of rotatable bonds is 14. The molecule has 0 radical (unpaired) electrons. The Bertz CT molecular complexity index is 1420. The molecule has 2 aliphatic rings. The molecule has 0 bridgehead atoms. The Labute approximate surface area is 282 Å². The summed E-state index contributed by atoms with van der Waals surface area (Å²) in [6.45, 7) is 1.72. The largest absolute Gasteiger partial charge is 0.550 e. The number of carboxylic acids is 1. The van der Waals surface area contributed by atoms with Crippen LogP contribution in [0.1, 0.15) is 75.8 Å². The zero-order chi connectivity index (χ0) is 34.6. The average molecular weight is 663 g/mol. The summed E-state index contributed by atoms with van der Waals surface area (Å²) < 4.78 is 1.87. The molecule has 2 saturated carbocycles. The molecular formula is C36H50N6O6. The summed E-state index contributed by atoms with van der Waals surface area (Å²) in [7, 11) is 1.88. The molecular weight excluding hydrogens is 612 g/mol. The van der Waals surface area contributed by atoms with E-state index in [1.165, 1.54) is 6.92 Å². The average Bonchev–Trinajstić information content (AvgIpc) is 3.06. The Morgan fingerprint density at radius 3 is 2.08 bits per heavy atom. The minimum atomic E-state index is -1.02. The van der Waals surface area contributed by atoms with Crippen molar-refractivity contribution in [3.05, 3.63) is 59.9 Å². The predicted octanol–water partition coefficient (Wildman–Crippen LogP) is 0.606. The van der Waals surface area contributed by atoms with Gasteiger partial charge in [-0.1, -0.05) is 31.4 Å². The lowest BCUT2D eigenvalue weighted by molar-refractivity contribution is -0.671. The number of aromatic nitrogens is 1. The quantitative estimate of drug-likeness (QED) is 0.145. The van der Waals surface area contributed by atoms with Crippen LogP contribution >= 0.6 is 0 Å². The smallest absolute Gasteiger partial charge is 0.243 e. The normalized spacial score (nSPS) is 20.0.